The summed E-state index contributed by atoms with van der Waals surface area (Å²) in [7, 11) is 2.41. The Morgan fingerprint density at radius 1 is 1.07 bits per heavy atom. The molecule has 0 unspecified atom stereocenters. The molecule has 1 aliphatic heterocycles. The van der Waals surface area contributed by atoms with Crippen LogP contribution in [0.25, 0.3) is 0 Å². The van der Waals surface area contributed by atoms with Gasteiger partial charge in [-0.05, 0) is 45.4 Å². The van der Waals surface area contributed by atoms with E-state index in [0.717, 1.165) is 38.1 Å². The molecule has 1 fully saturated rings. The van der Waals surface area contributed by atoms with Gasteiger partial charge in [0.1, 0.15) is 0 Å². The number of piperazine rings is 1. The van der Waals surface area contributed by atoms with Crippen molar-refractivity contribution < 1.29 is 13.2 Å². The van der Waals surface area contributed by atoms with Crippen molar-refractivity contribution in [3.05, 3.63) is 24.3 Å². The van der Waals surface area contributed by atoms with Gasteiger partial charge in [-0.2, -0.15) is 4.31 Å². The van der Waals surface area contributed by atoms with Gasteiger partial charge >= 0.3 is 0 Å². The van der Waals surface area contributed by atoms with E-state index < -0.39 is 10.0 Å². The maximum Gasteiger partial charge on any atom is 0.239 e. The second-order valence-corrected chi connectivity index (χ2v) is 9.27. The minimum atomic E-state index is -3.44. The average molecular weight is 398 g/mol. The molecule has 0 atom stereocenters. The number of nitrogens with zero attached hydrogens (tertiary/aromatic N) is 4. The van der Waals surface area contributed by atoms with Crippen molar-refractivity contribution in [3.63, 3.8) is 0 Å². The van der Waals surface area contributed by atoms with Crippen molar-refractivity contribution >= 4 is 27.3 Å². The van der Waals surface area contributed by atoms with Crippen LogP contribution in [0.4, 0.5) is 11.4 Å². The van der Waals surface area contributed by atoms with Crippen molar-refractivity contribution in [2.45, 2.75) is 0 Å². The summed E-state index contributed by atoms with van der Waals surface area (Å²) in [5.74, 6) is -0.341. The molecule has 1 heterocycles. The lowest BCUT2D eigenvalue weighted by Gasteiger charge is -2.34. The summed E-state index contributed by atoms with van der Waals surface area (Å²) < 4.78 is 25.0. The SMILES string of the molecule is CN(C)CCN(CC(=O)Nc1ccc(N2CCN(C)CC2)cc1)S(C)(=O)=O. The zero-order chi connectivity index (χ0) is 20.0. The van der Waals surface area contributed by atoms with Gasteiger partial charge in [0.2, 0.25) is 15.9 Å². The van der Waals surface area contributed by atoms with E-state index in [1.54, 1.807) is 0 Å². The number of likely N-dealkylation sites (N-methyl/N-ethyl adjacent to an activating group) is 2. The zero-order valence-corrected chi connectivity index (χ0v) is 17.5. The Hall–Kier alpha value is -1.68. The van der Waals surface area contributed by atoms with E-state index in [1.165, 1.54) is 4.31 Å². The smallest absolute Gasteiger partial charge is 0.239 e. The minimum absolute atomic E-state index is 0.188. The van der Waals surface area contributed by atoms with Gasteiger partial charge in [0.05, 0.1) is 12.8 Å². The lowest BCUT2D eigenvalue weighted by molar-refractivity contribution is -0.116. The van der Waals surface area contributed by atoms with Gasteiger partial charge in [-0.1, -0.05) is 0 Å². The van der Waals surface area contributed by atoms with Crippen LogP contribution in [0.3, 0.4) is 0 Å². The van der Waals surface area contributed by atoms with Crippen molar-refractivity contribution in [2.24, 2.45) is 0 Å². The van der Waals surface area contributed by atoms with Gasteiger partial charge < -0.3 is 20.0 Å². The van der Waals surface area contributed by atoms with Crippen LogP contribution in [0.1, 0.15) is 0 Å². The Balaban J connectivity index is 1.92. The highest BCUT2D eigenvalue weighted by Gasteiger charge is 2.20. The Morgan fingerprint density at radius 3 is 2.19 bits per heavy atom. The van der Waals surface area contributed by atoms with E-state index in [-0.39, 0.29) is 19.0 Å². The summed E-state index contributed by atoms with van der Waals surface area (Å²) in [6.07, 6.45) is 1.13. The number of amides is 1. The lowest BCUT2D eigenvalue weighted by atomic mass is 10.2. The lowest BCUT2D eigenvalue weighted by Crippen LogP contribution is -2.44. The van der Waals surface area contributed by atoms with E-state index in [0.29, 0.717) is 12.2 Å². The van der Waals surface area contributed by atoms with Crippen LogP contribution in [0.2, 0.25) is 0 Å². The molecule has 0 aliphatic carbocycles. The highest BCUT2D eigenvalue weighted by molar-refractivity contribution is 7.88. The molecule has 8 nitrogen and oxygen atoms in total. The summed E-state index contributed by atoms with van der Waals surface area (Å²) in [6, 6.07) is 7.69. The number of sulfonamides is 1. The van der Waals surface area contributed by atoms with Crippen LogP contribution < -0.4 is 10.2 Å². The maximum atomic E-state index is 12.3. The monoisotopic (exact) mass is 397 g/mol. The van der Waals surface area contributed by atoms with Crippen molar-refractivity contribution in [1.82, 2.24) is 14.1 Å². The molecule has 1 N–H and O–H groups in total. The normalized spacial score (nSPS) is 16.1. The predicted molar refractivity (Wildman–Crippen MR) is 110 cm³/mol. The first-order chi connectivity index (χ1) is 12.6. The number of carbonyl (C=O) groups is 1. The molecular formula is C18H31N5O3S. The Bertz CT molecular complexity index is 713. The number of anilines is 2. The summed E-state index contributed by atoms with van der Waals surface area (Å²) in [5.41, 5.74) is 1.80. The van der Waals surface area contributed by atoms with Crippen molar-refractivity contribution in [3.8, 4) is 0 Å². The predicted octanol–water partition coefficient (Wildman–Crippen LogP) is 0.200. The quantitative estimate of drug-likeness (QED) is 0.675. The number of hydrogen-bond acceptors (Lipinski definition) is 6. The fraction of sp³-hybridized carbons (Fsp3) is 0.611. The van der Waals surface area contributed by atoms with Gasteiger partial charge in [0, 0.05) is 50.6 Å². The molecule has 0 aromatic heterocycles. The molecule has 0 spiro atoms. The third kappa shape index (κ3) is 7.10. The molecule has 1 saturated heterocycles. The highest BCUT2D eigenvalue weighted by Crippen LogP contribution is 2.19. The van der Waals surface area contributed by atoms with Crippen LogP contribution in [0, 0.1) is 0 Å². The van der Waals surface area contributed by atoms with Gasteiger partial charge in [-0.15, -0.1) is 0 Å². The molecule has 0 saturated carbocycles. The molecule has 152 valence electrons. The molecule has 9 heteroatoms. The number of hydrogen-bond donors (Lipinski definition) is 1. The standard InChI is InChI=1S/C18H31N5O3S/c1-20(2)9-14-23(27(4,25)26)15-18(24)19-16-5-7-17(8-6-16)22-12-10-21(3)11-13-22/h5-8H,9-15H2,1-4H3,(H,19,24). The number of rotatable bonds is 8. The summed E-state index contributed by atoms with van der Waals surface area (Å²) >= 11 is 0. The Morgan fingerprint density at radius 2 is 1.67 bits per heavy atom. The molecule has 1 aliphatic rings. The minimum Gasteiger partial charge on any atom is -0.369 e. The van der Waals surface area contributed by atoms with Crippen molar-refractivity contribution in [1.29, 1.82) is 0 Å². The molecule has 1 aromatic rings. The van der Waals surface area contributed by atoms with Crippen LogP contribution in [-0.2, 0) is 14.8 Å². The highest BCUT2D eigenvalue weighted by atomic mass is 32.2. The largest absolute Gasteiger partial charge is 0.369 e. The summed E-state index contributed by atoms with van der Waals surface area (Å²) in [5, 5.41) is 2.78. The summed E-state index contributed by atoms with van der Waals surface area (Å²) in [4.78, 5) is 18.8. The van der Waals surface area contributed by atoms with Crippen LogP contribution >= 0.6 is 0 Å². The second kappa shape index (κ2) is 9.50. The maximum absolute atomic E-state index is 12.3. The third-order valence-electron chi connectivity index (χ3n) is 4.61. The Labute approximate surface area is 162 Å². The first kappa shape index (κ1) is 21.6. The first-order valence-electron chi connectivity index (χ1n) is 9.08. The van der Waals surface area contributed by atoms with E-state index in [4.69, 9.17) is 0 Å². The second-order valence-electron chi connectivity index (χ2n) is 7.29. The van der Waals surface area contributed by atoms with Gasteiger partial charge in [-0.3, -0.25) is 4.79 Å². The molecule has 1 aromatic carbocycles. The molecule has 1 amide bonds. The molecule has 0 bridgehead atoms. The Kier molecular flexibility index (Phi) is 7.60. The number of benzene rings is 1. The van der Waals surface area contributed by atoms with E-state index in [9.17, 15) is 13.2 Å². The third-order valence-corrected chi connectivity index (χ3v) is 5.85. The number of carbonyl (C=O) groups excluding carboxylic acids is 1. The van der Waals surface area contributed by atoms with Gasteiger partial charge in [-0.25, -0.2) is 8.42 Å². The van der Waals surface area contributed by atoms with Gasteiger partial charge in [0.15, 0.2) is 0 Å². The van der Waals surface area contributed by atoms with Crippen LogP contribution in [0.5, 0.6) is 0 Å². The molecule has 0 radical (unpaired) electrons. The van der Waals surface area contributed by atoms with E-state index >= 15 is 0 Å². The van der Waals surface area contributed by atoms with Crippen LogP contribution in [0.15, 0.2) is 24.3 Å². The average Bonchev–Trinajstić information content (AvgIpc) is 2.59. The molecule has 2 rings (SSSR count). The molecule has 27 heavy (non-hydrogen) atoms. The topological polar surface area (TPSA) is 76.2 Å². The summed E-state index contributed by atoms with van der Waals surface area (Å²) in [6.45, 7) is 4.68. The van der Waals surface area contributed by atoms with Crippen LogP contribution in [-0.4, -0.2) is 102 Å². The van der Waals surface area contributed by atoms with E-state index in [1.807, 2.05) is 43.3 Å². The van der Waals surface area contributed by atoms with Crippen molar-refractivity contribution in [2.75, 3.05) is 83.4 Å². The van der Waals surface area contributed by atoms with Gasteiger partial charge in [0.25, 0.3) is 0 Å². The van der Waals surface area contributed by atoms with E-state index in [2.05, 4.69) is 22.2 Å². The number of nitrogens with one attached hydrogen (secondary N) is 1. The zero-order valence-electron chi connectivity index (χ0n) is 16.7. The fourth-order valence-electron chi connectivity index (χ4n) is 2.85. The molecular weight excluding hydrogens is 366 g/mol. The first-order valence-corrected chi connectivity index (χ1v) is 10.9. The fourth-order valence-corrected chi connectivity index (χ4v) is 3.62.